The van der Waals surface area contributed by atoms with Crippen molar-refractivity contribution in [2.45, 2.75) is 44.1 Å². The van der Waals surface area contributed by atoms with E-state index in [2.05, 4.69) is 26.5 Å². The Kier molecular flexibility index (Phi) is 6.36. The fourth-order valence-corrected chi connectivity index (χ4v) is 5.20. The summed E-state index contributed by atoms with van der Waals surface area (Å²) >= 11 is 0. The summed E-state index contributed by atoms with van der Waals surface area (Å²) in [6.07, 6.45) is 3.04. The fourth-order valence-electron chi connectivity index (χ4n) is 5.20. The number of carbonyl (C=O) groups is 2. The quantitative estimate of drug-likeness (QED) is 0.688. The molecule has 0 spiro atoms. The summed E-state index contributed by atoms with van der Waals surface area (Å²) in [6, 6.07) is 4.05. The second-order valence-corrected chi connectivity index (χ2v) is 8.73. The molecule has 8 nitrogen and oxygen atoms in total. The van der Waals surface area contributed by atoms with E-state index in [9.17, 15) is 9.59 Å². The van der Waals surface area contributed by atoms with E-state index in [0.29, 0.717) is 12.8 Å². The van der Waals surface area contributed by atoms with Gasteiger partial charge in [-0.2, -0.15) is 0 Å². The van der Waals surface area contributed by atoms with Crippen molar-refractivity contribution in [2.24, 2.45) is 0 Å². The maximum atomic E-state index is 12.2. The molecule has 3 fully saturated rings. The van der Waals surface area contributed by atoms with Gasteiger partial charge in [0.05, 0.1) is 29.6 Å². The summed E-state index contributed by atoms with van der Waals surface area (Å²) in [6.45, 7) is 8.95. The predicted octanol–water partition coefficient (Wildman–Crippen LogP) is 0.801. The topological polar surface area (TPSA) is 86.8 Å². The highest BCUT2D eigenvalue weighted by atomic mass is 16.5. The maximum Gasteiger partial charge on any atom is 0.235 e. The Morgan fingerprint density at radius 2 is 1.90 bits per heavy atom. The van der Waals surface area contributed by atoms with E-state index in [-0.39, 0.29) is 23.3 Å². The van der Waals surface area contributed by atoms with Crippen LogP contribution in [0.25, 0.3) is 0 Å². The molecule has 1 aromatic heterocycles. The number of aromatic nitrogens is 1. The van der Waals surface area contributed by atoms with Crippen LogP contribution in [0.15, 0.2) is 12.1 Å². The van der Waals surface area contributed by atoms with Crippen molar-refractivity contribution in [3.63, 3.8) is 0 Å². The van der Waals surface area contributed by atoms with Crippen LogP contribution in [-0.4, -0.2) is 80.2 Å². The average Bonchev–Trinajstić information content (AvgIpc) is 2.75. The van der Waals surface area contributed by atoms with E-state index < -0.39 is 0 Å². The minimum absolute atomic E-state index is 0.112. The van der Waals surface area contributed by atoms with Crippen LogP contribution in [0.2, 0.25) is 0 Å². The third kappa shape index (κ3) is 4.22. The minimum atomic E-state index is -0.334. The van der Waals surface area contributed by atoms with E-state index in [1.165, 1.54) is 0 Å². The summed E-state index contributed by atoms with van der Waals surface area (Å²) in [5.41, 5.74) is 2.95. The Labute approximate surface area is 178 Å². The number of anilines is 1. The number of aryl methyl sites for hydroxylation is 1. The summed E-state index contributed by atoms with van der Waals surface area (Å²) in [5, 5.41) is 5.87. The summed E-state index contributed by atoms with van der Waals surface area (Å²) in [4.78, 5) is 33.4. The fraction of sp³-hybridized carbons (Fsp3) is 0.682. The van der Waals surface area contributed by atoms with Gasteiger partial charge in [0, 0.05) is 58.3 Å². The smallest absolute Gasteiger partial charge is 0.235 e. The van der Waals surface area contributed by atoms with Gasteiger partial charge in [-0.1, -0.05) is 0 Å². The molecule has 164 valence electrons. The standard InChI is InChI=1S/C22H33N5O3/c1-16-19(5-4-18(24-16)17-3-6-20(28)25-21(17)29)26-11-7-22(8-12-26,15-30-2)27-13-9-23-10-14-27/h4-5,17,23H,3,6-15H2,1-2H3,(H,25,28,29). The van der Waals surface area contributed by atoms with E-state index in [0.717, 1.165) is 75.8 Å². The molecule has 3 aliphatic heterocycles. The number of hydrogen-bond donors (Lipinski definition) is 2. The summed E-state index contributed by atoms with van der Waals surface area (Å²) in [5.74, 6) is -0.759. The van der Waals surface area contributed by atoms with Crippen molar-refractivity contribution in [3.8, 4) is 0 Å². The minimum Gasteiger partial charge on any atom is -0.383 e. The Bertz CT molecular complexity index is 785. The van der Waals surface area contributed by atoms with Crippen LogP contribution >= 0.6 is 0 Å². The SMILES string of the molecule is COCC1(N2CCNCC2)CCN(c2ccc(C3CCC(=O)NC3=O)nc2C)CC1. The first-order valence-electron chi connectivity index (χ1n) is 11.0. The van der Waals surface area contributed by atoms with Gasteiger partial charge in [0.1, 0.15) is 0 Å². The second kappa shape index (κ2) is 8.99. The molecule has 1 aromatic rings. The van der Waals surface area contributed by atoms with Gasteiger partial charge in [-0.15, -0.1) is 0 Å². The van der Waals surface area contributed by atoms with E-state index >= 15 is 0 Å². The molecule has 0 saturated carbocycles. The van der Waals surface area contributed by atoms with Crippen LogP contribution in [0.4, 0.5) is 5.69 Å². The molecule has 0 aromatic carbocycles. The molecule has 4 heterocycles. The Morgan fingerprint density at radius 3 is 2.53 bits per heavy atom. The lowest BCUT2D eigenvalue weighted by molar-refractivity contribution is -0.134. The van der Waals surface area contributed by atoms with Crippen molar-refractivity contribution in [1.29, 1.82) is 0 Å². The monoisotopic (exact) mass is 415 g/mol. The van der Waals surface area contributed by atoms with Crippen LogP contribution in [0, 0.1) is 6.92 Å². The van der Waals surface area contributed by atoms with Gasteiger partial charge in [0.15, 0.2) is 0 Å². The number of pyridine rings is 1. The number of rotatable bonds is 5. The number of nitrogens with zero attached hydrogens (tertiary/aromatic N) is 3. The van der Waals surface area contributed by atoms with Crippen LogP contribution in [-0.2, 0) is 14.3 Å². The third-order valence-electron chi connectivity index (χ3n) is 6.91. The second-order valence-electron chi connectivity index (χ2n) is 8.73. The number of imide groups is 1. The van der Waals surface area contributed by atoms with Crippen molar-refractivity contribution >= 4 is 17.5 Å². The number of amides is 2. The Morgan fingerprint density at radius 1 is 1.17 bits per heavy atom. The van der Waals surface area contributed by atoms with E-state index in [4.69, 9.17) is 9.72 Å². The summed E-state index contributed by atoms with van der Waals surface area (Å²) < 4.78 is 5.65. The summed E-state index contributed by atoms with van der Waals surface area (Å²) in [7, 11) is 1.80. The molecule has 2 N–H and O–H groups in total. The lowest BCUT2D eigenvalue weighted by Crippen LogP contribution is -2.62. The molecule has 2 amide bonds. The Balaban J connectivity index is 1.45. The molecule has 0 bridgehead atoms. The molecule has 30 heavy (non-hydrogen) atoms. The highest BCUT2D eigenvalue weighted by Crippen LogP contribution is 2.34. The van der Waals surface area contributed by atoms with Crippen LogP contribution in [0.5, 0.6) is 0 Å². The van der Waals surface area contributed by atoms with Crippen LogP contribution in [0.3, 0.4) is 0 Å². The van der Waals surface area contributed by atoms with Gasteiger partial charge in [-0.25, -0.2) is 0 Å². The average molecular weight is 416 g/mol. The van der Waals surface area contributed by atoms with Gasteiger partial charge < -0.3 is 15.0 Å². The van der Waals surface area contributed by atoms with Crippen molar-refractivity contribution in [2.75, 3.05) is 57.9 Å². The largest absolute Gasteiger partial charge is 0.383 e. The molecule has 0 aliphatic carbocycles. The predicted molar refractivity (Wildman–Crippen MR) is 115 cm³/mol. The van der Waals surface area contributed by atoms with Gasteiger partial charge in [0.2, 0.25) is 11.8 Å². The molecular weight excluding hydrogens is 382 g/mol. The number of methoxy groups -OCH3 is 1. The van der Waals surface area contributed by atoms with Gasteiger partial charge in [-0.05, 0) is 38.3 Å². The van der Waals surface area contributed by atoms with Crippen LogP contribution in [0.1, 0.15) is 43.0 Å². The molecule has 8 heteroatoms. The molecule has 3 saturated heterocycles. The van der Waals surface area contributed by atoms with Crippen LogP contribution < -0.4 is 15.5 Å². The Hall–Kier alpha value is -2.03. The lowest BCUT2D eigenvalue weighted by atomic mass is 9.85. The van der Waals surface area contributed by atoms with Crippen molar-refractivity contribution < 1.29 is 14.3 Å². The number of ether oxygens (including phenoxy) is 1. The van der Waals surface area contributed by atoms with E-state index in [1.807, 2.05) is 13.0 Å². The molecule has 4 rings (SSSR count). The lowest BCUT2D eigenvalue weighted by Gasteiger charge is -2.50. The zero-order valence-corrected chi connectivity index (χ0v) is 18.1. The zero-order chi connectivity index (χ0) is 21.1. The van der Waals surface area contributed by atoms with Gasteiger partial charge >= 0.3 is 0 Å². The number of hydrogen-bond acceptors (Lipinski definition) is 7. The first kappa shape index (κ1) is 21.2. The number of piperazine rings is 1. The number of nitrogens with one attached hydrogen (secondary N) is 2. The molecular formula is C22H33N5O3. The number of piperidine rings is 2. The first-order valence-corrected chi connectivity index (χ1v) is 11.0. The third-order valence-corrected chi connectivity index (χ3v) is 6.91. The normalized spacial score (nSPS) is 25.3. The maximum absolute atomic E-state index is 12.2. The molecule has 1 unspecified atom stereocenters. The first-order chi connectivity index (χ1) is 14.5. The van der Waals surface area contributed by atoms with Crippen molar-refractivity contribution in [3.05, 3.63) is 23.5 Å². The molecule has 3 aliphatic rings. The van der Waals surface area contributed by atoms with Gasteiger partial charge in [-0.3, -0.25) is 24.8 Å². The molecule has 1 atom stereocenters. The van der Waals surface area contributed by atoms with Gasteiger partial charge in [0.25, 0.3) is 0 Å². The highest BCUT2D eigenvalue weighted by molar-refractivity contribution is 6.00. The van der Waals surface area contributed by atoms with Crippen molar-refractivity contribution in [1.82, 2.24) is 20.5 Å². The number of carbonyl (C=O) groups excluding carboxylic acids is 2. The van der Waals surface area contributed by atoms with E-state index in [1.54, 1.807) is 7.11 Å². The molecule has 0 radical (unpaired) electrons. The highest BCUT2D eigenvalue weighted by Gasteiger charge is 2.40. The zero-order valence-electron chi connectivity index (χ0n) is 18.1.